The molecule has 0 saturated heterocycles. The average Bonchev–Trinajstić information content (AvgIpc) is 2.85. The number of hydrogen-bond donors (Lipinski definition) is 2. The SMILES string of the molecule is CCNc1cc(NC(C)c2nc(C)cs2)cc([N+](=O)[O-])c1. The van der Waals surface area contributed by atoms with Crippen molar-refractivity contribution < 1.29 is 4.92 Å². The van der Waals surface area contributed by atoms with E-state index in [0.29, 0.717) is 12.2 Å². The molecule has 7 heteroatoms. The maximum Gasteiger partial charge on any atom is 0.273 e. The molecule has 0 saturated carbocycles. The van der Waals surface area contributed by atoms with Gasteiger partial charge < -0.3 is 10.6 Å². The molecule has 2 aromatic rings. The Labute approximate surface area is 127 Å². The Hall–Kier alpha value is -2.15. The number of anilines is 2. The Balaban J connectivity index is 2.23. The van der Waals surface area contributed by atoms with E-state index in [9.17, 15) is 10.1 Å². The van der Waals surface area contributed by atoms with Crippen molar-refractivity contribution in [3.63, 3.8) is 0 Å². The van der Waals surface area contributed by atoms with Crippen LogP contribution in [0.25, 0.3) is 0 Å². The zero-order chi connectivity index (χ0) is 15.4. The summed E-state index contributed by atoms with van der Waals surface area (Å²) in [5.41, 5.74) is 2.49. The van der Waals surface area contributed by atoms with E-state index in [1.54, 1.807) is 11.3 Å². The van der Waals surface area contributed by atoms with Gasteiger partial charge in [-0.1, -0.05) is 0 Å². The predicted molar refractivity (Wildman–Crippen MR) is 86.1 cm³/mol. The van der Waals surface area contributed by atoms with E-state index in [1.807, 2.05) is 32.2 Å². The number of nitro benzene ring substituents is 1. The number of nitrogens with zero attached hydrogens (tertiary/aromatic N) is 2. The number of aryl methyl sites for hydroxylation is 1. The van der Waals surface area contributed by atoms with E-state index >= 15 is 0 Å². The average molecular weight is 306 g/mol. The molecular formula is C14H18N4O2S. The third-order valence-corrected chi connectivity index (χ3v) is 4.05. The van der Waals surface area contributed by atoms with E-state index < -0.39 is 0 Å². The maximum atomic E-state index is 11.0. The van der Waals surface area contributed by atoms with E-state index in [-0.39, 0.29) is 16.7 Å². The molecule has 2 N–H and O–H groups in total. The topological polar surface area (TPSA) is 80.1 Å². The van der Waals surface area contributed by atoms with Crippen molar-refractivity contribution >= 4 is 28.4 Å². The quantitative estimate of drug-likeness (QED) is 0.623. The molecule has 2 rings (SSSR count). The highest BCUT2D eigenvalue weighted by molar-refractivity contribution is 7.09. The van der Waals surface area contributed by atoms with Crippen LogP contribution in [0.1, 0.15) is 30.6 Å². The lowest BCUT2D eigenvalue weighted by molar-refractivity contribution is -0.384. The van der Waals surface area contributed by atoms with E-state index in [0.717, 1.165) is 16.4 Å². The van der Waals surface area contributed by atoms with Crippen LogP contribution in [-0.2, 0) is 0 Å². The van der Waals surface area contributed by atoms with Gasteiger partial charge in [0.25, 0.3) is 5.69 Å². The Morgan fingerprint density at radius 3 is 2.67 bits per heavy atom. The molecule has 1 aromatic heterocycles. The van der Waals surface area contributed by atoms with Crippen LogP contribution in [0.4, 0.5) is 17.1 Å². The largest absolute Gasteiger partial charge is 0.385 e. The second kappa shape index (κ2) is 6.53. The number of hydrogen-bond acceptors (Lipinski definition) is 6. The van der Waals surface area contributed by atoms with Crippen molar-refractivity contribution in [2.24, 2.45) is 0 Å². The third kappa shape index (κ3) is 3.91. The summed E-state index contributed by atoms with van der Waals surface area (Å²) in [6.45, 7) is 6.60. The van der Waals surface area contributed by atoms with Crippen molar-refractivity contribution in [3.8, 4) is 0 Å². The highest BCUT2D eigenvalue weighted by Crippen LogP contribution is 2.28. The monoisotopic (exact) mass is 306 g/mol. The maximum absolute atomic E-state index is 11.0. The highest BCUT2D eigenvalue weighted by atomic mass is 32.1. The first-order valence-corrected chi connectivity index (χ1v) is 7.59. The Morgan fingerprint density at radius 2 is 2.10 bits per heavy atom. The number of nitro groups is 1. The zero-order valence-corrected chi connectivity index (χ0v) is 13.0. The standard InChI is InChI=1S/C14H18N4O2S/c1-4-15-11-5-12(7-13(6-11)18(19)20)17-10(3)14-16-9(2)8-21-14/h5-8,10,15,17H,4H2,1-3H3. The normalized spacial score (nSPS) is 12.0. The molecule has 0 aliphatic rings. The van der Waals surface area contributed by atoms with Crippen LogP contribution < -0.4 is 10.6 Å². The second-order valence-corrected chi connectivity index (χ2v) is 5.64. The third-order valence-electron chi connectivity index (χ3n) is 2.90. The number of benzene rings is 1. The van der Waals surface area contributed by atoms with Crippen LogP contribution >= 0.6 is 11.3 Å². The minimum Gasteiger partial charge on any atom is -0.385 e. The molecular weight excluding hydrogens is 288 g/mol. The van der Waals surface area contributed by atoms with Gasteiger partial charge in [0, 0.05) is 41.1 Å². The first-order valence-electron chi connectivity index (χ1n) is 6.71. The Bertz CT molecular complexity index is 642. The van der Waals surface area contributed by atoms with Crippen molar-refractivity contribution in [2.75, 3.05) is 17.2 Å². The van der Waals surface area contributed by atoms with Gasteiger partial charge in [0.15, 0.2) is 0 Å². The molecule has 21 heavy (non-hydrogen) atoms. The molecule has 112 valence electrons. The lowest BCUT2D eigenvalue weighted by Crippen LogP contribution is -2.07. The molecule has 1 atom stereocenters. The highest BCUT2D eigenvalue weighted by Gasteiger charge is 2.13. The molecule has 0 radical (unpaired) electrons. The number of thiazole rings is 1. The number of aromatic nitrogens is 1. The summed E-state index contributed by atoms with van der Waals surface area (Å²) in [6.07, 6.45) is 0. The van der Waals surface area contributed by atoms with Gasteiger partial charge in [-0.25, -0.2) is 4.98 Å². The molecule has 0 aliphatic heterocycles. The lowest BCUT2D eigenvalue weighted by Gasteiger charge is -2.14. The fraction of sp³-hybridized carbons (Fsp3) is 0.357. The number of nitrogens with one attached hydrogen (secondary N) is 2. The van der Waals surface area contributed by atoms with Crippen LogP contribution in [0.15, 0.2) is 23.6 Å². The molecule has 1 unspecified atom stereocenters. The summed E-state index contributed by atoms with van der Waals surface area (Å²) < 4.78 is 0. The van der Waals surface area contributed by atoms with Crippen molar-refractivity contribution in [1.29, 1.82) is 0 Å². The van der Waals surface area contributed by atoms with Crippen LogP contribution in [-0.4, -0.2) is 16.5 Å². The van der Waals surface area contributed by atoms with Gasteiger partial charge in [-0.3, -0.25) is 10.1 Å². The van der Waals surface area contributed by atoms with Crippen LogP contribution in [0, 0.1) is 17.0 Å². The van der Waals surface area contributed by atoms with Gasteiger partial charge in [0.2, 0.25) is 0 Å². The summed E-state index contributed by atoms with van der Waals surface area (Å²) in [5, 5.41) is 20.3. The van der Waals surface area contributed by atoms with Gasteiger partial charge in [-0.05, 0) is 26.8 Å². The van der Waals surface area contributed by atoms with Gasteiger partial charge in [0.05, 0.1) is 11.0 Å². The van der Waals surface area contributed by atoms with Crippen LogP contribution in [0.5, 0.6) is 0 Å². The van der Waals surface area contributed by atoms with Crippen molar-refractivity contribution in [1.82, 2.24) is 4.98 Å². The predicted octanol–water partition coefficient (Wildman–Crippen LogP) is 3.96. The molecule has 0 spiro atoms. The molecule has 6 nitrogen and oxygen atoms in total. The van der Waals surface area contributed by atoms with E-state index in [4.69, 9.17) is 0 Å². The Morgan fingerprint density at radius 1 is 1.38 bits per heavy atom. The smallest absolute Gasteiger partial charge is 0.273 e. The summed E-state index contributed by atoms with van der Waals surface area (Å²) in [4.78, 5) is 15.1. The van der Waals surface area contributed by atoms with Crippen molar-refractivity contribution in [3.05, 3.63) is 44.4 Å². The summed E-state index contributed by atoms with van der Waals surface area (Å²) in [5.74, 6) is 0. The van der Waals surface area contributed by atoms with Gasteiger partial charge in [-0.15, -0.1) is 11.3 Å². The first-order chi connectivity index (χ1) is 9.99. The van der Waals surface area contributed by atoms with Gasteiger partial charge >= 0.3 is 0 Å². The molecule has 0 aliphatic carbocycles. The van der Waals surface area contributed by atoms with Crippen LogP contribution in [0.3, 0.4) is 0 Å². The minimum absolute atomic E-state index is 0.000167. The summed E-state index contributed by atoms with van der Waals surface area (Å²) in [6, 6.07) is 4.94. The number of rotatable bonds is 6. The van der Waals surface area contributed by atoms with E-state index in [2.05, 4.69) is 15.6 Å². The minimum atomic E-state index is -0.385. The molecule has 0 bridgehead atoms. The van der Waals surface area contributed by atoms with Gasteiger partial charge in [-0.2, -0.15) is 0 Å². The molecule has 0 amide bonds. The van der Waals surface area contributed by atoms with E-state index in [1.165, 1.54) is 12.1 Å². The van der Waals surface area contributed by atoms with Gasteiger partial charge in [0.1, 0.15) is 5.01 Å². The molecule has 1 heterocycles. The van der Waals surface area contributed by atoms with Crippen LogP contribution in [0.2, 0.25) is 0 Å². The number of non-ortho nitro benzene ring substituents is 1. The second-order valence-electron chi connectivity index (χ2n) is 4.75. The fourth-order valence-electron chi connectivity index (χ4n) is 1.99. The molecule has 1 aromatic carbocycles. The Kier molecular flexibility index (Phi) is 4.74. The fourth-order valence-corrected chi connectivity index (χ4v) is 2.79. The van der Waals surface area contributed by atoms with Crippen molar-refractivity contribution in [2.45, 2.75) is 26.8 Å². The zero-order valence-electron chi connectivity index (χ0n) is 12.2. The molecule has 0 fully saturated rings. The lowest BCUT2D eigenvalue weighted by atomic mass is 10.2. The first kappa shape index (κ1) is 15.2. The summed E-state index contributed by atoms with van der Waals surface area (Å²) >= 11 is 1.58. The summed E-state index contributed by atoms with van der Waals surface area (Å²) in [7, 11) is 0.